The summed E-state index contributed by atoms with van der Waals surface area (Å²) >= 11 is 0. The second-order valence-electron chi connectivity index (χ2n) is 6.45. The minimum Gasteiger partial charge on any atom is -0.444 e. The predicted octanol–water partition coefficient (Wildman–Crippen LogP) is 3.33. The molecule has 0 spiro atoms. The van der Waals surface area contributed by atoms with Crippen molar-refractivity contribution in [3.63, 3.8) is 0 Å². The van der Waals surface area contributed by atoms with Crippen molar-refractivity contribution in [3.05, 3.63) is 71.0 Å². The Bertz CT molecular complexity index is 911. The molecular formula is C20H27IN6O. The Morgan fingerprint density at radius 3 is 2.54 bits per heavy atom. The molecule has 0 aliphatic heterocycles. The number of aromatic nitrogens is 3. The van der Waals surface area contributed by atoms with Crippen LogP contribution < -0.4 is 10.6 Å². The van der Waals surface area contributed by atoms with Crippen LogP contribution in [-0.4, -0.2) is 27.5 Å². The molecule has 0 aliphatic carbocycles. The topological polar surface area (TPSA) is 80.3 Å². The van der Waals surface area contributed by atoms with E-state index in [-0.39, 0.29) is 24.0 Å². The number of nitrogens with zero attached hydrogens (tertiary/aromatic N) is 4. The van der Waals surface area contributed by atoms with Gasteiger partial charge in [-0.15, -0.1) is 24.0 Å². The summed E-state index contributed by atoms with van der Waals surface area (Å²) in [6, 6.07) is 8.50. The number of imidazole rings is 1. The maximum atomic E-state index is 5.58. The summed E-state index contributed by atoms with van der Waals surface area (Å²) in [6.07, 6.45) is 3.82. The predicted molar refractivity (Wildman–Crippen MR) is 121 cm³/mol. The molecule has 0 amide bonds. The number of rotatable bonds is 6. The first-order valence-electron chi connectivity index (χ1n) is 8.98. The van der Waals surface area contributed by atoms with E-state index in [1.54, 1.807) is 7.05 Å². The van der Waals surface area contributed by atoms with E-state index in [2.05, 4.69) is 54.4 Å². The van der Waals surface area contributed by atoms with Crippen LogP contribution >= 0.6 is 24.0 Å². The van der Waals surface area contributed by atoms with Crippen molar-refractivity contribution < 1.29 is 4.42 Å². The zero-order chi connectivity index (χ0) is 19.2. The Hall–Kier alpha value is -2.36. The lowest BCUT2D eigenvalue weighted by molar-refractivity contribution is 0.463. The van der Waals surface area contributed by atoms with Gasteiger partial charge in [0.25, 0.3) is 0 Å². The van der Waals surface area contributed by atoms with Crippen molar-refractivity contribution in [2.75, 3.05) is 7.05 Å². The average Bonchev–Trinajstić information content (AvgIpc) is 3.20. The quantitative estimate of drug-likeness (QED) is 0.312. The Labute approximate surface area is 182 Å². The van der Waals surface area contributed by atoms with Crippen LogP contribution in [0.1, 0.15) is 34.3 Å². The van der Waals surface area contributed by atoms with E-state index >= 15 is 0 Å². The summed E-state index contributed by atoms with van der Waals surface area (Å²) in [5.41, 5.74) is 3.35. The third-order valence-corrected chi connectivity index (χ3v) is 4.43. The number of guanidine groups is 1. The minimum atomic E-state index is 0. The standard InChI is InChI=1S/C20H26N6O.HI/c1-14-15(2)27-19(25-14)12-24-20(21-4)23-11-17-6-5-7-18(10-17)13-26-9-8-22-16(26)3;/h5-10H,11-13H2,1-4H3,(H2,21,23,24);1H. The van der Waals surface area contributed by atoms with Crippen LogP contribution in [0.2, 0.25) is 0 Å². The van der Waals surface area contributed by atoms with E-state index in [0.717, 1.165) is 23.8 Å². The van der Waals surface area contributed by atoms with Crippen molar-refractivity contribution in [2.45, 2.75) is 40.4 Å². The van der Waals surface area contributed by atoms with Crippen molar-refractivity contribution in [2.24, 2.45) is 4.99 Å². The number of benzene rings is 1. The van der Waals surface area contributed by atoms with Crippen LogP contribution in [0.5, 0.6) is 0 Å². The highest BCUT2D eigenvalue weighted by Gasteiger charge is 2.07. The van der Waals surface area contributed by atoms with E-state index in [4.69, 9.17) is 4.42 Å². The van der Waals surface area contributed by atoms with Gasteiger partial charge in [0.1, 0.15) is 11.6 Å². The van der Waals surface area contributed by atoms with E-state index in [9.17, 15) is 0 Å². The largest absolute Gasteiger partial charge is 0.444 e. The summed E-state index contributed by atoms with van der Waals surface area (Å²) in [5, 5.41) is 6.55. The zero-order valence-corrected chi connectivity index (χ0v) is 19.0. The molecule has 3 aromatic rings. The van der Waals surface area contributed by atoms with Gasteiger partial charge < -0.3 is 19.6 Å². The maximum Gasteiger partial charge on any atom is 0.214 e. The second kappa shape index (κ2) is 10.3. The van der Waals surface area contributed by atoms with Crippen LogP contribution in [0.15, 0.2) is 46.1 Å². The molecule has 28 heavy (non-hydrogen) atoms. The minimum absolute atomic E-state index is 0. The Morgan fingerprint density at radius 2 is 1.89 bits per heavy atom. The lowest BCUT2D eigenvalue weighted by atomic mass is 10.1. The number of halogens is 1. The van der Waals surface area contributed by atoms with Gasteiger partial charge in [-0.05, 0) is 31.9 Å². The third-order valence-electron chi connectivity index (χ3n) is 4.43. The van der Waals surface area contributed by atoms with Crippen molar-refractivity contribution in [1.29, 1.82) is 0 Å². The van der Waals surface area contributed by atoms with Gasteiger partial charge in [0, 0.05) is 32.5 Å². The monoisotopic (exact) mass is 494 g/mol. The fraction of sp³-hybridized carbons (Fsp3) is 0.350. The highest BCUT2D eigenvalue weighted by atomic mass is 127. The van der Waals surface area contributed by atoms with E-state index < -0.39 is 0 Å². The fourth-order valence-corrected chi connectivity index (χ4v) is 2.79. The average molecular weight is 494 g/mol. The van der Waals surface area contributed by atoms with Crippen molar-refractivity contribution in [1.82, 2.24) is 25.2 Å². The fourth-order valence-electron chi connectivity index (χ4n) is 2.79. The van der Waals surface area contributed by atoms with Crippen LogP contribution in [-0.2, 0) is 19.6 Å². The lowest BCUT2D eigenvalue weighted by Crippen LogP contribution is -2.36. The zero-order valence-electron chi connectivity index (χ0n) is 16.7. The first kappa shape index (κ1) is 21.9. The highest BCUT2D eigenvalue weighted by molar-refractivity contribution is 14.0. The summed E-state index contributed by atoms with van der Waals surface area (Å²) < 4.78 is 7.72. The van der Waals surface area contributed by atoms with Gasteiger partial charge in [0.05, 0.1) is 12.2 Å². The molecule has 0 unspecified atom stereocenters. The van der Waals surface area contributed by atoms with Gasteiger partial charge in [-0.25, -0.2) is 9.97 Å². The summed E-state index contributed by atoms with van der Waals surface area (Å²) in [7, 11) is 1.75. The molecule has 7 nitrogen and oxygen atoms in total. The number of aryl methyl sites for hydroxylation is 3. The first-order valence-corrected chi connectivity index (χ1v) is 8.98. The van der Waals surface area contributed by atoms with Gasteiger partial charge in [-0.2, -0.15) is 0 Å². The Kier molecular flexibility index (Phi) is 8.04. The van der Waals surface area contributed by atoms with E-state index in [1.807, 2.05) is 33.2 Å². The van der Waals surface area contributed by atoms with Crippen LogP contribution in [0.3, 0.4) is 0 Å². The number of hydrogen-bond acceptors (Lipinski definition) is 4. The molecule has 0 atom stereocenters. The molecular weight excluding hydrogens is 467 g/mol. The molecule has 0 fully saturated rings. The molecule has 150 valence electrons. The molecule has 0 aliphatic rings. The smallest absolute Gasteiger partial charge is 0.214 e. The summed E-state index contributed by atoms with van der Waals surface area (Å²) in [5.74, 6) is 3.23. The molecule has 1 aromatic carbocycles. The molecule has 0 saturated carbocycles. The molecule has 8 heteroatoms. The first-order chi connectivity index (χ1) is 13.0. The van der Waals surface area contributed by atoms with Crippen LogP contribution in [0, 0.1) is 20.8 Å². The number of aliphatic imine (C=N–C) groups is 1. The third kappa shape index (κ3) is 5.82. The summed E-state index contributed by atoms with van der Waals surface area (Å²) in [4.78, 5) is 12.9. The molecule has 0 saturated heterocycles. The van der Waals surface area contributed by atoms with Crippen LogP contribution in [0.4, 0.5) is 0 Å². The molecule has 3 rings (SSSR count). The summed E-state index contributed by atoms with van der Waals surface area (Å²) in [6.45, 7) is 7.85. The van der Waals surface area contributed by atoms with Gasteiger partial charge in [0.15, 0.2) is 5.96 Å². The SMILES string of the molecule is CN=C(NCc1cccc(Cn2ccnc2C)c1)NCc1nc(C)c(C)o1.I. The van der Waals surface area contributed by atoms with Crippen LogP contribution in [0.25, 0.3) is 0 Å². The molecule has 2 aromatic heterocycles. The van der Waals surface area contributed by atoms with Gasteiger partial charge in [-0.1, -0.05) is 24.3 Å². The van der Waals surface area contributed by atoms with Crippen molar-refractivity contribution >= 4 is 29.9 Å². The Morgan fingerprint density at radius 1 is 1.14 bits per heavy atom. The maximum absolute atomic E-state index is 5.58. The van der Waals surface area contributed by atoms with Crippen molar-refractivity contribution in [3.8, 4) is 0 Å². The highest BCUT2D eigenvalue weighted by Crippen LogP contribution is 2.09. The number of nitrogens with one attached hydrogen (secondary N) is 2. The Balaban J connectivity index is 0.00000280. The number of oxazole rings is 1. The second-order valence-corrected chi connectivity index (χ2v) is 6.45. The molecule has 2 heterocycles. The number of hydrogen-bond donors (Lipinski definition) is 2. The van der Waals surface area contributed by atoms with E-state index in [1.165, 1.54) is 11.1 Å². The van der Waals surface area contributed by atoms with Gasteiger partial charge in [-0.3, -0.25) is 4.99 Å². The normalized spacial score (nSPS) is 11.2. The van der Waals surface area contributed by atoms with Gasteiger partial charge >= 0.3 is 0 Å². The molecule has 0 radical (unpaired) electrons. The van der Waals surface area contributed by atoms with Gasteiger partial charge in [0.2, 0.25) is 5.89 Å². The van der Waals surface area contributed by atoms with E-state index in [0.29, 0.717) is 24.9 Å². The molecule has 2 N–H and O–H groups in total. The molecule has 0 bridgehead atoms. The lowest BCUT2D eigenvalue weighted by Gasteiger charge is -2.12.